The quantitative estimate of drug-likeness (QED) is 0.622. The summed E-state index contributed by atoms with van der Waals surface area (Å²) in [5, 5.41) is 15.6. The van der Waals surface area contributed by atoms with Gasteiger partial charge in [-0.1, -0.05) is 17.7 Å². The Kier molecular flexibility index (Phi) is 2.69. The van der Waals surface area contributed by atoms with Crippen molar-refractivity contribution < 1.29 is 0 Å². The molecule has 1 saturated carbocycles. The molecule has 5 rings (SSSR count). The summed E-state index contributed by atoms with van der Waals surface area (Å²) in [5.41, 5.74) is 3.02. The molecule has 4 aromatic rings. The molecule has 1 aromatic carbocycles. The van der Waals surface area contributed by atoms with E-state index >= 15 is 0 Å². The molecule has 0 bridgehead atoms. The van der Waals surface area contributed by atoms with E-state index in [1.807, 2.05) is 6.07 Å². The van der Waals surface area contributed by atoms with E-state index in [1.165, 1.54) is 18.4 Å². The first-order valence-electron chi connectivity index (χ1n) is 7.75. The van der Waals surface area contributed by atoms with Gasteiger partial charge < -0.3 is 5.32 Å². The number of thiophene rings is 1. The van der Waals surface area contributed by atoms with Gasteiger partial charge in [-0.3, -0.25) is 0 Å². The molecule has 23 heavy (non-hydrogen) atoms. The fourth-order valence-electron chi connectivity index (χ4n) is 2.82. The summed E-state index contributed by atoms with van der Waals surface area (Å²) < 4.78 is 2.06. The van der Waals surface area contributed by atoms with Gasteiger partial charge >= 0.3 is 0 Å². The fourth-order valence-corrected chi connectivity index (χ4v) is 3.52. The van der Waals surface area contributed by atoms with E-state index in [2.05, 4.69) is 56.5 Å². The minimum Gasteiger partial charge on any atom is -0.353 e. The Morgan fingerprint density at radius 2 is 2.13 bits per heavy atom. The van der Waals surface area contributed by atoms with Crippen LogP contribution in [0.3, 0.4) is 0 Å². The lowest BCUT2D eigenvalue weighted by Gasteiger charge is -2.10. The van der Waals surface area contributed by atoms with Crippen molar-refractivity contribution in [2.75, 3.05) is 5.32 Å². The van der Waals surface area contributed by atoms with E-state index in [0.717, 1.165) is 33.2 Å². The lowest BCUT2D eigenvalue weighted by atomic mass is 10.1. The maximum atomic E-state index is 4.84. The monoisotopic (exact) mass is 321 g/mol. The molecule has 5 nitrogen and oxygen atoms in total. The maximum Gasteiger partial charge on any atom is 0.211 e. The first-order valence-corrected chi connectivity index (χ1v) is 8.63. The number of anilines is 1. The number of benzene rings is 1. The normalized spacial score (nSPS) is 14.7. The largest absolute Gasteiger partial charge is 0.353 e. The van der Waals surface area contributed by atoms with Crippen molar-refractivity contribution in [3.63, 3.8) is 0 Å². The van der Waals surface area contributed by atoms with Gasteiger partial charge in [-0.25, -0.2) is 9.38 Å². The van der Waals surface area contributed by atoms with Gasteiger partial charge in [0.15, 0.2) is 11.5 Å². The van der Waals surface area contributed by atoms with Crippen LogP contribution in [-0.2, 0) is 0 Å². The average molecular weight is 321 g/mol. The summed E-state index contributed by atoms with van der Waals surface area (Å²) >= 11 is 1.67. The number of nitrogens with zero attached hydrogens (tertiary/aromatic N) is 4. The minimum atomic E-state index is 0.521. The summed E-state index contributed by atoms with van der Waals surface area (Å²) in [7, 11) is 0. The Bertz CT molecular complexity index is 1010. The highest BCUT2D eigenvalue weighted by Crippen LogP contribution is 2.31. The van der Waals surface area contributed by atoms with Gasteiger partial charge in [0.1, 0.15) is 0 Å². The third-order valence-corrected chi connectivity index (χ3v) is 5.01. The van der Waals surface area contributed by atoms with Crippen molar-refractivity contribution in [2.45, 2.75) is 25.8 Å². The van der Waals surface area contributed by atoms with Crippen LogP contribution in [-0.4, -0.2) is 25.6 Å². The molecule has 0 atom stereocenters. The van der Waals surface area contributed by atoms with Gasteiger partial charge in [-0.15, -0.1) is 21.5 Å². The predicted octanol–water partition coefficient (Wildman–Crippen LogP) is 3.89. The first kappa shape index (κ1) is 13.0. The van der Waals surface area contributed by atoms with Crippen LogP contribution in [0.4, 0.5) is 5.95 Å². The van der Waals surface area contributed by atoms with E-state index in [1.54, 1.807) is 11.3 Å². The van der Waals surface area contributed by atoms with Crippen LogP contribution in [0.5, 0.6) is 0 Å². The molecule has 1 N–H and O–H groups in total. The summed E-state index contributed by atoms with van der Waals surface area (Å²) in [6.45, 7) is 2.09. The highest BCUT2D eigenvalue weighted by atomic mass is 32.1. The first-order chi connectivity index (χ1) is 11.3. The van der Waals surface area contributed by atoms with Crippen molar-refractivity contribution in [1.29, 1.82) is 0 Å². The van der Waals surface area contributed by atoms with E-state index in [0.29, 0.717) is 6.04 Å². The van der Waals surface area contributed by atoms with Crippen LogP contribution in [0.2, 0.25) is 0 Å². The second kappa shape index (κ2) is 4.76. The van der Waals surface area contributed by atoms with Crippen LogP contribution < -0.4 is 5.32 Å². The van der Waals surface area contributed by atoms with Crippen LogP contribution in [0.1, 0.15) is 18.4 Å². The number of hydrogen-bond acceptors (Lipinski definition) is 5. The number of aryl methyl sites for hydroxylation is 1. The Morgan fingerprint density at radius 1 is 1.22 bits per heavy atom. The average Bonchev–Trinajstić information content (AvgIpc) is 3.03. The minimum absolute atomic E-state index is 0.521. The van der Waals surface area contributed by atoms with Crippen LogP contribution in [0, 0.1) is 6.92 Å². The third-order valence-electron chi connectivity index (χ3n) is 4.15. The second-order valence-electron chi connectivity index (χ2n) is 6.03. The molecule has 3 aromatic heterocycles. The molecule has 6 heteroatoms. The number of hydrogen-bond donors (Lipinski definition) is 1. The van der Waals surface area contributed by atoms with Crippen LogP contribution >= 0.6 is 11.3 Å². The Hall–Kier alpha value is -2.47. The van der Waals surface area contributed by atoms with Crippen molar-refractivity contribution in [3.05, 3.63) is 41.3 Å². The van der Waals surface area contributed by atoms with Crippen LogP contribution in [0.25, 0.3) is 27.3 Å². The van der Waals surface area contributed by atoms with E-state index < -0.39 is 0 Å². The molecule has 0 radical (unpaired) electrons. The topological polar surface area (TPSA) is 55.1 Å². The molecular formula is C17H15N5S. The maximum absolute atomic E-state index is 4.84. The molecule has 0 amide bonds. The van der Waals surface area contributed by atoms with Gasteiger partial charge in [-0.2, -0.15) is 0 Å². The number of nitrogens with one attached hydrogen (secondary N) is 1. The lowest BCUT2D eigenvalue weighted by Crippen LogP contribution is -2.09. The Balaban J connectivity index is 1.86. The molecule has 0 spiro atoms. The SMILES string of the molecule is Cc1ccc2nc(NC3CC3)n3c(-c4cccs4)nnc3c2c1. The molecule has 0 unspecified atom stereocenters. The molecule has 0 saturated heterocycles. The standard InChI is InChI=1S/C17H15N5S/c1-10-4-7-13-12(9-10)15-20-21-16(14-3-2-8-23-14)22(15)17(19-13)18-11-5-6-11/h2-4,7-9,11H,5-6H2,1H3,(H,18,19). The highest BCUT2D eigenvalue weighted by Gasteiger charge is 2.24. The molecule has 0 aliphatic heterocycles. The third kappa shape index (κ3) is 2.09. The summed E-state index contributed by atoms with van der Waals surface area (Å²) in [4.78, 5) is 5.95. The molecule has 3 heterocycles. The van der Waals surface area contributed by atoms with Gasteiger partial charge in [0.25, 0.3) is 0 Å². The zero-order chi connectivity index (χ0) is 15.4. The summed E-state index contributed by atoms with van der Waals surface area (Å²) in [6.07, 6.45) is 2.40. The van der Waals surface area contributed by atoms with Gasteiger partial charge in [-0.05, 0) is 43.3 Å². The van der Waals surface area contributed by atoms with E-state index in [4.69, 9.17) is 4.98 Å². The highest BCUT2D eigenvalue weighted by molar-refractivity contribution is 7.13. The molecule has 1 aliphatic carbocycles. The second-order valence-corrected chi connectivity index (χ2v) is 6.98. The zero-order valence-electron chi connectivity index (χ0n) is 12.7. The van der Waals surface area contributed by atoms with Gasteiger partial charge in [0.05, 0.1) is 10.4 Å². The van der Waals surface area contributed by atoms with Gasteiger partial charge in [0, 0.05) is 11.4 Å². The smallest absolute Gasteiger partial charge is 0.211 e. The van der Waals surface area contributed by atoms with Crippen molar-refractivity contribution in [2.24, 2.45) is 0 Å². The fraction of sp³-hybridized carbons (Fsp3) is 0.235. The molecule has 1 fully saturated rings. The van der Waals surface area contributed by atoms with E-state index in [9.17, 15) is 0 Å². The zero-order valence-corrected chi connectivity index (χ0v) is 13.5. The van der Waals surface area contributed by atoms with Crippen LogP contribution in [0.15, 0.2) is 35.7 Å². The molecule has 114 valence electrons. The summed E-state index contributed by atoms with van der Waals surface area (Å²) in [6, 6.07) is 10.9. The number of aromatic nitrogens is 4. The summed E-state index contributed by atoms with van der Waals surface area (Å²) in [5.74, 6) is 1.70. The molecular weight excluding hydrogens is 306 g/mol. The Morgan fingerprint density at radius 3 is 2.91 bits per heavy atom. The lowest BCUT2D eigenvalue weighted by molar-refractivity contribution is 1.03. The predicted molar refractivity (Wildman–Crippen MR) is 93.0 cm³/mol. The number of rotatable bonds is 3. The Labute approximate surface area is 137 Å². The van der Waals surface area contributed by atoms with Crippen molar-refractivity contribution in [1.82, 2.24) is 19.6 Å². The number of fused-ring (bicyclic) bond motifs is 3. The van der Waals surface area contributed by atoms with Crippen molar-refractivity contribution in [3.8, 4) is 10.7 Å². The molecule has 1 aliphatic rings. The van der Waals surface area contributed by atoms with Crippen molar-refractivity contribution >= 4 is 33.8 Å². The van der Waals surface area contributed by atoms with E-state index in [-0.39, 0.29) is 0 Å². The van der Waals surface area contributed by atoms with Gasteiger partial charge in [0.2, 0.25) is 5.95 Å².